The fourth-order valence-electron chi connectivity index (χ4n) is 5.02. The van der Waals surface area contributed by atoms with Crippen LogP contribution in [0, 0.1) is 13.8 Å². The molecule has 5 aromatic rings. The smallest absolute Gasteiger partial charge is 0.295 e. The van der Waals surface area contributed by atoms with Crippen LogP contribution in [0.2, 0.25) is 0 Å². The molecule has 0 bridgehead atoms. The van der Waals surface area contributed by atoms with E-state index in [0.717, 1.165) is 16.0 Å². The molecule has 0 aliphatic heterocycles. The molecule has 0 aliphatic carbocycles. The molecule has 0 spiro atoms. The third-order valence-electron chi connectivity index (χ3n) is 7.75. The summed E-state index contributed by atoms with van der Waals surface area (Å²) in [5.41, 5.74) is 4.08. The molecule has 4 aromatic carbocycles. The van der Waals surface area contributed by atoms with Gasteiger partial charge in [-0.1, -0.05) is 79.2 Å². The van der Waals surface area contributed by atoms with Gasteiger partial charge in [-0.15, -0.1) is 11.8 Å². The molecule has 48 heavy (non-hydrogen) atoms. The Kier molecular flexibility index (Phi) is 10.8. The molecule has 5 rings (SSSR count). The lowest BCUT2D eigenvalue weighted by atomic mass is 10.1. The van der Waals surface area contributed by atoms with Crippen molar-refractivity contribution in [3.63, 3.8) is 0 Å². The Bertz CT molecular complexity index is 2020. The first-order valence-corrected chi connectivity index (χ1v) is 16.4. The Morgan fingerprint density at radius 3 is 2.17 bits per heavy atom. The van der Waals surface area contributed by atoms with Crippen LogP contribution in [-0.4, -0.2) is 32.3 Å². The normalized spacial score (nSPS) is 11.9. The quantitative estimate of drug-likeness (QED) is 0.108. The van der Waals surface area contributed by atoms with Crippen LogP contribution >= 0.6 is 11.8 Å². The number of para-hydroxylation sites is 1. The molecule has 0 aliphatic rings. The van der Waals surface area contributed by atoms with E-state index in [1.165, 1.54) is 16.4 Å². The number of benzene rings is 4. The Hall–Kier alpha value is -5.61. The van der Waals surface area contributed by atoms with E-state index < -0.39 is 17.1 Å². The Morgan fingerprint density at radius 2 is 1.50 bits per heavy atom. The van der Waals surface area contributed by atoms with Gasteiger partial charge in [0.1, 0.15) is 11.4 Å². The topological polar surface area (TPSA) is 114 Å². The summed E-state index contributed by atoms with van der Waals surface area (Å²) in [6.45, 7) is 5.67. The molecule has 1 atom stereocenters. The molecule has 9 nitrogen and oxygen atoms in total. The molecule has 1 heterocycles. The van der Waals surface area contributed by atoms with Crippen LogP contribution in [0.4, 0.5) is 11.4 Å². The summed E-state index contributed by atoms with van der Waals surface area (Å²) in [7, 11) is 1.78. The van der Waals surface area contributed by atoms with Crippen molar-refractivity contribution >= 4 is 46.9 Å². The van der Waals surface area contributed by atoms with Crippen LogP contribution in [0.25, 0.3) is 11.8 Å². The van der Waals surface area contributed by atoms with Gasteiger partial charge >= 0.3 is 0 Å². The maximum atomic E-state index is 13.5. The number of nitrogens with one attached hydrogen (secondary N) is 3. The minimum atomic E-state index is -0.512. The minimum Gasteiger partial charge on any atom is -0.321 e. The second-order valence-electron chi connectivity index (χ2n) is 11.2. The van der Waals surface area contributed by atoms with Crippen LogP contribution in [-0.2, 0) is 16.6 Å². The van der Waals surface area contributed by atoms with E-state index in [9.17, 15) is 19.2 Å². The summed E-state index contributed by atoms with van der Waals surface area (Å²) in [6, 6.07) is 32.7. The minimum absolute atomic E-state index is 0.0796. The van der Waals surface area contributed by atoms with Gasteiger partial charge in [0.05, 0.1) is 16.6 Å². The van der Waals surface area contributed by atoms with Gasteiger partial charge in [-0.2, -0.15) is 0 Å². The Morgan fingerprint density at radius 1 is 0.833 bits per heavy atom. The van der Waals surface area contributed by atoms with Crippen LogP contribution in [0.5, 0.6) is 0 Å². The molecule has 0 saturated heterocycles. The number of aromatic nitrogens is 2. The average molecular weight is 660 g/mol. The molecule has 1 unspecified atom stereocenters. The summed E-state index contributed by atoms with van der Waals surface area (Å²) in [5.74, 6) is -1.20. The predicted octanol–water partition coefficient (Wildman–Crippen LogP) is 6.71. The molecule has 0 fully saturated rings. The molecular formula is C38H37N5O4S. The van der Waals surface area contributed by atoms with E-state index in [1.54, 1.807) is 67.2 Å². The second kappa shape index (κ2) is 15.3. The van der Waals surface area contributed by atoms with Crippen molar-refractivity contribution < 1.29 is 14.4 Å². The van der Waals surface area contributed by atoms with Gasteiger partial charge in [0.15, 0.2) is 0 Å². The number of carbonyl (C=O) groups excluding carboxylic acids is 3. The summed E-state index contributed by atoms with van der Waals surface area (Å²) in [6.07, 6.45) is 2.13. The van der Waals surface area contributed by atoms with Gasteiger partial charge < -0.3 is 16.0 Å². The number of amides is 3. The lowest BCUT2D eigenvalue weighted by molar-refractivity contribution is -0.116. The van der Waals surface area contributed by atoms with Crippen LogP contribution in [0.3, 0.4) is 0 Å². The Labute approximate surface area is 283 Å². The largest absolute Gasteiger partial charge is 0.321 e. The highest BCUT2D eigenvalue weighted by atomic mass is 32.2. The zero-order valence-electron chi connectivity index (χ0n) is 27.2. The number of carbonyl (C=O) groups is 3. The molecule has 244 valence electrons. The maximum absolute atomic E-state index is 13.5. The lowest BCUT2D eigenvalue weighted by Gasteiger charge is -2.15. The summed E-state index contributed by atoms with van der Waals surface area (Å²) in [4.78, 5) is 54.1. The summed E-state index contributed by atoms with van der Waals surface area (Å²) < 4.78 is 3.24. The average Bonchev–Trinajstić information content (AvgIpc) is 3.31. The monoisotopic (exact) mass is 659 g/mol. The van der Waals surface area contributed by atoms with E-state index in [-0.39, 0.29) is 22.9 Å². The van der Waals surface area contributed by atoms with Gasteiger partial charge in [0, 0.05) is 23.2 Å². The maximum Gasteiger partial charge on any atom is 0.295 e. The number of thioether (sulfide) groups is 1. The van der Waals surface area contributed by atoms with Gasteiger partial charge in [-0.05, 0) is 74.4 Å². The van der Waals surface area contributed by atoms with Crippen molar-refractivity contribution in [3.05, 3.63) is 148 Å². The number of aryl methyl sites for hydroxylation is 1. The first-order chi connectivity index (χ1) is 23.1. The number of hydrogen-bond donors (Lipinski definition) is 3. The van der Waals surface area contributed by atoms with Crippen LogP contribution in [0.15, 0.2) is 125 Å². The fraction of sp³-hybridized carbons (Fsp3) is 0.158. The van der Waals surface area contributed by atoms with Crippen molar-refractivity contribution in [2.75, 3.05) is 10.6 Å². The third kappa shape index (κ3) is 8.02. The van der Waals surface area contributed by atoms with E-state index in [1.807, 2.05) is 80.6 Å². The van der Waals surface area contributed by atoms with Crippen LogP contribution in [0.1, 0.15) is 40.5 Å². The number of anilines is 2. The zero-order chi connectivity index (χ0) is 34.2. The molecule has 0 saturated carbocycles. The third-order valence-corrected chi connectivity index (χ3v) is 9.11. The van der Waals surface area contributed by atoms with Gasteiger partial charge in [-0.3, -0.25) is 23.9 Å². The highest BCUT2D eigenvalue weighted by molar-refractivity contribution is 8.00. The fourth-order valence-corrected chi connectivity index (χ4v) is 6.03. The van der Waals surface area contributed by atoms with Crippen molar-refractivity contribution in [2.24, 2.45) is 7.05 Å². The molecule has 3 N–H and O–H groups in total. The molecule has 10 heteroatoms. The number of rotatable bonds is 11. The van der Waals surface area contributed by atoms with Crippen LogP contribution < -0.4 is 21.5 Å². The predicted molar refractivity (Wildman–Crippen MR) is 192 cm³/mol. The van der Waals surface area contributed by atoms with E-state index in [2.05, 4.69) is 16.0 Å². The van der Waals surface area contributed by atoms with E-state index in [0.29, 0.717) is 29.1 Å². The van der Waals surface area contributed by atoms with Crippen molar-refractivity contribution in [1.29, 1.82) is 0 Å². The number of nitrogens with zero attached hydrogens (tertiary/aromatic N) is 2. The van der Waals surface area contributed by atoms with Crippen molar-refractivity contribution in [1.82, 2.24) is 14.7 Å². The van der Waals surface area contributed by atoms with Gasteiger partial charge in [0.25, 0.3) is 17.4 Å². The summed E-state index contributed by atoms with van der Waals surface area (Å²) >= 11 is 1.33. The molecule has 3 amide bonds. The van der Waals surface area contributed by atoms with Crippen molar-refractivity contribution in [2.45, 2.75) is 37.3 Å². The molecule has 1 aromatic heterocycles. The van der Waals surface area contributed by atoms with E-state index >= 15 is 0 Å². The zero-order valence-corrected chi connectivity index (χ0v) is 28.0. The lowest BCUT2D eigenvalue weighted by Crippen LogP contribution is -2.30. The first kappa shape index (κ1) is 33.7. The molecular weight excluding hydrogens is 623 g/mol. The highest BCUT2D eigenvalue weighted by Crippen LogP contribution is 2.29. The van der Waals surface area contributed by atoms with Crippen molar-refractivity contribution in [3.8, 4) is 5.69 Å². The second-order valence-corrected chi connectivity index (χ2v) is 12.5. The van der Waals surface area contributed by atoms with E-state index in [4.69, 9.17) is 0 Å². The van der Waals surface area contributed by atoms with Gasteiger partial charge in [0.2, 0.25) is 5.91 Å². The van der Waals surface area contributed by atoms with Gasteiger partial charge in [-0.25, -0.2) is 4.68 Å². The SMILES string of the molecule is CCC(Sc1cccc(NC(=O)/C(=C\c2ccc(C)cc2)NC(=O)c2ccccc2)c1)C(=O)Nc1c(C)n(C)n(-c2ccccc2)c1=O. The number of hydrogen-bond acceptors (Lipinski definition) is 5. The first-order valence-electron chi connectivity index (χ1n) is 15.5. The molecule has 0 radical (unpaired) electrons. The summed E-state index contributed by atoms with van der Waals surface area (Å²) in [5, 5.41) is 8.00. The standard InChI is InChI=1S/C38H37N5O4S/c1-5-33(37(46)41-34-26(3)42(4)43(38(34)47)30-16-10-7-11-17-30)48-31-18-12-15-29(24-31)39-36(45)32(23-27-21-19-25(2)20-22-27)40-35(44)28-13-8-6-9-14-28/h6-24,33H,5H2,1-4H3,(H,39,45)(H,40,44)(H,41,46)/b32-23+. The Balaban J connectivity index is 1.32. The highest BCUT2D eigenvalue weighted by Gasteiger charge is 2.24.